The fraction of sp³-hybridized carbons (Fsp3) is 0.818. The fourth-order valence-electron chi connectivity index (χ4n) is 2.04. The van der Waals surface area contributed by atoms with Crippen LogP contribution in [0, 0.1) is 0 Å². The molecule has 0 radical (unpaired) electrons. The van der Waals surface area contributed by atoms with Gasteiger partial charge in [0.2, 0.25) is 12.3 Å². The topological polar surface area (TPSA) is 75.9 Å². The maximum absolute atomic E-state index is 11.0. The van der Waals surface area contributed by atoms with E-state index < -0.39 is 0 Å². The van der Waals surface area contributed by atoms with Gasteiger partial charge in [0.15, 0.2) is 0 Å². The second-order valence-electron chi connectivity index (χ2n) is 4.62. The average Bonchev–Trinajstić information content (AvgIpc) is 2.25. The Balaban J connectivity index is 2.51. The molecule has 6 nitrogen and oxygen atoms in total. The normalized spacial score (nSPS) is 21.5. The number of hydrogen-bond donors (Lipinski definition) is 1. The predicted octanol–water partition coefficient (Wildman–Crippen LogP) is -0.265. The Morgan fingerprint density at radius 3 is 2.88 bits per heavy atom. The largest absolute Gasteiger partial charge is 0.369 e. The molecule has 0 aromatic heterocycles. The zero-order chi connectivity index (χ0) is 12.8. The van der Waals surface area contributed by atoms with Crippen molar-refractivity contribution in [2.75, 3.05) is 19.6 Å². The number of nitrogens with two attached hydrogens (primary N) is 1. The van der Waals surface area contributed by atoms with Gasteiger partial charge in [-0.1, -0.05) is 0 Å². The van der Waals surface area contributed by atoms with Gasteiger partial charge in [-0.25, -0.2) is 5.06 Å². The second-order valence-corrected chi connectivity index (χ2v) is 4.62. The number of likely N-dealkylation sites (tertiary alicyclic amines) is 1. The summed E-state index contributed by atoms with van der Waals surface area (Å²) in [6, 6.07) is 0.00278. The molecule has 2 N–H and O–H groups in total. The summed E-state index contributed by atoms with van der Waals surface area (Å²) in [4.78, 5) is 29.2. The molecule has 1 atom stereocenters. The molecule has 0 aromatic rings. The zero-order valence-electron chi connectivity index (χ0n) is 10.5. The highest BCUT2D eigenvalue weighted by Gasteiger charge is 2.26. The van der Waals surface area contributed by atoms with E-state index in [0.717, 1.165) is 19.4 Å². The molecule has 6 heteroatoms. The van der Waals surface area contributed by atoms with Crippen molar-refractivity contribution < 1.29 is 14.4 Å². The van der Waals surface area contributed by atoms with Crippen LogP contribution in [0.1, 0.15) is 26.7 Å². The first-order chi connectivity index (χ1) is 8.02. The number of carbonyl (C=O) groups excluding carboxylic acids is 2. The van der Waals surface area contributed by atoms with Crippen molar-refractivity contribution in [3.8, 4) is 0 Å². The molecule has 98 valence electrons. The van der Waals surface area contributed by atoms with Gasteiger partial charge in [0.05, 0.1) is 18.7 Å². The van der Waals surface area contributed by atoms with Crippen molar-refractivity contribution in [3.63, 3.8) is 0 Å². The summed E-state index contributed by atoms with van der Waals surface area (Å²) in [5.74, 6) is -0.340. The van der Waals surface area contributed by atoms with Crippen LogP contribution in [-0.2, 0) is 14.4 Å². The quantitative estimate of drug-likeness (QED) is 0.515. The van der Waals surface area contributed by atoms with Gasteiger partial charge in [0.25, 0.3) is 0 Å². The van der Waals surface area contributed by atoms with E-state index in [1.165, 1.54) is 5.06 Å². The molecule has 0 aliphatic carbocycles. The second kappa shape index (κ2) is 6.56. The summed E-state index contributed by atoms with van der Waals surface area (Å²) in [5, 5.41) is 1.36. The Morgan fingerprint density at radius 2 is 2.35 bits per heavy atom. The van der Waals surface area contributed by atoms with Crippen molar-refractivity contribution in [2.45, 2.75) is 38.8 Å². The van der Waals surface area contributed by atoms with Gasteiger partial charge < -0.3 is 5.73 Å². The molecule has 1 fully saturated rings. The lowest BCUT2D eigenvalue weighted by atomic mass is 10.1. The number of nitrogens with zero attached hydrogens (tertiary/aromatic N) is 2. The van der Waals surface area contributed by atoms with Gasteiger partial charge in [0, 0.05) is 6.54 Å². The van der Waals surface area contributed by atoms with Gasteiger partial charge in [-0.15, -0.1) is 0 Å². The number of hydroxylamine groups is 2. The van der Waals surface area contributed by atoms with Gasteiger partial charge in [0.1, 0.15) is 0 Å². The molecule has 0 aromatic carbocycles. The van der Waals surface area contributed by atoms with E-state index in [0.29, 0.717) is 13.0 Å². The van der Waals surface area contributed by atoms with E-state index in [1.807, 2.05) is 18.7 Å². The third-order valence-corrected chi connectivity index (χ3v) is 2.66. The molecule has 0 spiro atoms. The number of rotatable bonds is 6. The number of hydrogen-bond acceptors (Lipinski definition) is 4. The molecular formula is C11H21N3O3. The molecule has 1 aliphatic rings. The smallest absolute Gasteiger partial charge is 0.233 e. The van der Waals surface area contributed by atoms with Crippen molar-refractivity contribution >= 4 is 12.3 Å². The highest BCUT2D eigenvalue weighted by atomic mass is 16.7. The maximum Gasteiger partial charge on any atom is 0.233 e. The Labute approximate surface area is 102 Å². The molecule has 17 heavy (non-hydrogen) atoms. The van der Waals surface area contributed by atoms with Crippen molar-refractivity contribution in [2.24, 2.45) is 5.73 Å². The Bertz CT molecular complexity index is 271. The average molecular weight is 243 g/mol. The van der Waals surface area contributed by atoms with Crippen LogP contribution in [0.2, 0.25) is 0 Å². The molecule has 2 amide bonds. The summed E-state index contributed by atoms with van der Waals surface area (Å²) < 4.78 is 0. The monoisotopic (exact) mass is 243 g/mol. The zero-order valence-corrected chi connectivity index (χ0v) is 10.5. The van der Waals surface area contributed by atoms with Crippen molar-refractivity contribution in [1.82, 2.24) is 9.96 Å². The number of primary amides is 1. The molecule has 1 heterocycles. The third kappa shape index (κ3) is 4.70. The summed E-state index contributed by atoms with van der Waals surface area (Å²) in [7, 11) is 0. The lowest BCUT2D eigenvalue weighted by Crippen LogP contribution is -2.50. The van der Waals surface area contributed by atoms with E-state index in [9.17, 15) is 9.59 Å². The van der Waals surface area contributed by atoms with Gasteiger partial charge >= 0.3 is 0 Å². The third-order valence-electron chi connectivity index (χ3n) is 2.66. The predicted molar refractivity (Wildman–Crippen MR) is 62.8 cm³/mol. The number of carbonyl (C=O) groups is 2. The first-order valence-electron chi connectivity index (χ1n) is 5.94. The minimum absolute atomic E-state index is 0.00278. The molecule has 1 saturated heterocycles. The van der Waals surface area contributed by atoms with E-state index >= 15 is 0 Å². The van der Waals surface area contributed by atoms with Crippen LogP contribution in [0.15, 0.2) is 0 Å². The SMILES string of the molecule is CC(C)ON(C=O)C1CCCN(CC(N)=O)C1. The molecule has 1 unspecified atom stereocenters. The highest BCUT2D eigenvalue weighted by molar-refractivity contribution is 5.75. The fourth-order valence-corrected chi connectivity index (χ4v) is 2.04. The number of amides is 2. The van der Waals surface area contributed by atoms with E-state index in [4.69, 9.17) is 10.6 Å². The maximum atomic E-state index is 11.0. The van der Waals surface area contributed by atoms with E-state index in [2.05, 4.69) is 0 Å². The van der Waals surface area contributed by atoms with Crippen molar-refractivity contribution in [3.05, 3.63) is 0 Å². The lowest BCUT2D eigenvalue weighted by Gasteiger charge is -2.36. The Hall–Kier alpha value is -1.14. The summed E-state index contributed by atoms with van der Waals surface area (Å²) in [5.41, 5.74) is 5.16. The summed E-state index contributed by atoms with van der Waals surface area (Å²) in [6.45, 7) is 5.47. The molecule has 0 saturated carbocycles. The van der Waals surface area contributed by atoms with Crippen LogP contribution in [0.5, 0.6) is 0 Å². The number of piperidine rings is 1. The minimum Gasteiger partial charge on any atom is -0.369 e. The van der Waals surface area contributed by atoms with Gasteiger partial charge in [-0.2, -0.15) is 0 Å². The standard InChI is InChI=1S/C11H21N3O3/c1-9(2)17-14(8-15)10-4-3-5-13(6-10)7-11(12)16/h8-10H,3-7H2,1-2H3,(H2,12,16). The molecule has 1 rings (SSSR count). The molecular weight excluding hydrogens is 222 g/mol. The summed E-state index contributed by atoms with van der Waals surface area (Å²) >= 11 is 0. The van der Waals surface area contributed by atoms with E-state index in [-0.39, 0.29) is 24.6 Å². The van der Waals surface area contributed by atoms with Crippen LogP contribution < -0.4 is 5.73 Å². The first-order valence-corrected chi connectivity index (χ1v) is 5.94. The molecule has 1 aliphatic heterocycles. The minimum atomic E-state index is -0.340. The van der Waals surface area contributed by atoms with Crippen LogP contribution in [0.3, 0.4) is 0 Å². The lowest BCUT2D eigenvalue weighted by molar-refractivity contribution is -0.208. The van der Waals surface area contributed by atoms with Gasteiger partial charge in [-0.3, -0.25) is 19.3 Å². The Kier molecular flexibility index (Phi) is 5.37. The van der Waals surface area contributed by atoms with Crippen LogP contribution in [0.4, 0.5) is 0 Å². The van der Waals surface area contributed by atoms with Crippen molar-refractivity contribution in [1.29, 1.82) is 0 Å². The van der Waals surface area contributed by atoms with Crippen LogP contribution in [0.25, 0.3) is 0 Å². The first kappa shape index (κ1) is 13.9. The van der Waals surface area contributed by atoms with E-state index in [1.54, 1.807) is 0 Å². The Morgan fingerprint density at radius 1 is 1.65 bits per heavy atom. The van der Waals surface area contributed by atoms with Gasteiger partial charge in [-0.05, 0) is 33.2 Å². The van der Waals surface area contributed by atoms with Crippen LogP contribution >= 0.6 is 0 Å². The highest BCUT2D eigenvalue weighted by Crippen LogP contribution is 2.15. The summed E-state index contributed by atoms with van der Waals surface area (Å²) in [6.07, 6.45) is 2.50. The molecule has 0 bridgehead atoms. The van der Waals surface area contributed by atoms with Crippen LogP contribution in [-0.4, -0.2) is 54.1 Å².